The number of benzene rings is 3. The van der Waals surface area contributed by atoms with Gasteiger partial charge in [0.15, 0.2) is 5.65 Å². The summed E-state index contributed by atoms with van der Waals surface area (Å²) < 4.78 is 20.8. The van der Waals surface area contributed by atoms with E-state index in [2.05, 4.69) is 12.2 Å². The molecule has 3 aromatic carbocycles. The summed E-state index contributed by atoms with van der Waals surface area (Å²) >= 11 is 0. The Morgan fingerprint density at radius 2 is 1.69 bits per heavy atom. The number of carbonyl (C=O) groups is 1. The van der Waals surface area contributed by atoms with Crippen LogP contribution in [0.5, 0.6) is 5.75 Å². The van der Waals surface area contributed by atoms with Crippen LogP contribution in [0.25, 0.3) is 27.9 Å². The third kappa shape index (κ3) is 4.57. The van der Waals surface area contributed by atoms with Crippen LogP contribution in [0.15, 0.2) is 72.8 Å². The molecule has 0 saturated carbocycles. The molecule has 0 spiro atoms. The lowest BCUT2D eigenvalue weighted by molar-refractivity contribution is 0.0953. The van der Waals surface area contributed by atoms with Crippen LogP contribution in [0.3, 0.4) is 0 Å². The van der Waals surface area contributed by atoms with Crippen molar-refractivity contribution >= 4 is 33.9 Å². The lowest BCUT2D eigenvalue weighted by atomic mass is 10.2. The number of halogens is 1. The number of amides is 1. The Bertz CT molecular complexity index is 1530. The molecule has 0 unspecified atom stereocenters. The number of fused-ring (bicyclic) bond motifs is 2. The number of nitrogens with one attached hydrogen (secondary N) is 1. The van der Waals surface area contributed by atoms with Crippen molar-refractivity contribution in [2.24, 2.45) is 0 Å². The fourth-order valence-corrected chi connectivity index (χ4v) is 4.05. The van der Waals surface area contributed by atoms with Gasteiger partial charge in [-0.2, -0.15) is 0 Å². The molecule has 0 radical (unpaired) electrons. The van der Waals surface area contributed by atoms with Gasteiger partial charge in [0.2, 0.25) is 0 Å². The number of nitrogen functional groups attached to an aromatic ring is 1. The molecule has 0 fully saturated rings. The first-order valence-electron chi connectivity index (χ1n) is 11.9. The molecule has 36 heavy (non-hydrogen) atoms. The van der Waals surface area contributed by atoms with Crippen molar-refractivity contribution in [3.05, 3.63) is 89.7 Å². The number of nitrogens with zero attached hydrogens (tertiary/aromatic N) is 3. The molecule has 182 valence electrons. The molecule has 0 bridgehead atoms. The van der Waals surface area contributed by atoms with E-state index in [-0.39, 0.29) is 29.7 Å². The van der Waals surface area contributed by atoms with Gasteiger partial charge in [-0.3, -0.25) is 9.36 Å². The van der Waals surface area contributed by atoms with Gasteiger partial charge in [-0.1, -0.05) is 37.6 Å². The summed E-state index contributed by atoms with van der Waals surface area (Å²) in [6, 6.07) is 20.9. The number of anilines is 1. The highest BCUT2D eigenvalue weighted by molar-refractivity contribution is 6.11. The van der Waals surface area contributed by atoms with Gasteiger partial charge in [-0.25, -0.2) is 14.4 Å². The average Bonchev–Trinajstić information content (AvgIpc) is 3.18. The number of nitrogens with two attached hydrogens (primary N) is 1. The van der Waals surface area contributed by atoms with E-state index in [1.54, 1.807) is 16.7 Å². The molecule has 2 heterocycles. The number of carbonyl (C=O) groups excluding carboxylic acids is 1. The van der Waals surface area contributed by atoms with Gasteiger partial charge in [0.1, 0.15) is 28.5 Å². The molecule has 8 heteroatoms. The van der Waals surface area contributed by atoms with E-state index in [1.807, 2.05) is 48.5 Å². The predicted molar refractivity (Wildman–Crippen MR) is 139 cm³/mol. The maximum atomic E-state index is 13.3. The topological polar surface area (TPSA) is 95.1 Å². The van der Waals surface area contributed by atoms with Gasteiger partial charge in [0, 0.05) is 12.2 Å². The standard InChI is InChI=1S/C28H26FN5O2/c1-2-3-16-36-21-14-12-20(13-15-21)34-26(30)24(28(35)31-17-18-8-10-19(29)11-9-18)25-27(34)33-23-7-5-4-6-22(23)32-25/h4-15H,2-3,16-17,30H2,1H3,(H,31,35). The first kappa shape index (κ1) is 23.3. The van der Waals surface area contributed by atoms with E-state index in [0.29, 0.717) is 28.8 Å². The number of hydrogen-bond acceptors (Lipinski definition) is 5. The van der Waals surface area contributed by atoms with Crippen molar-refractivity contribution in [3.63, 3.8) is 0 Å². The maximum absolute atomic E-state index is 13.3. The molecule has 0 aliphatic rings. The van der Waals surface area contributed by atoms with Crippen molar-refractivity contribution in [3.8, 4) is 11.4 Å². The molecule has 2 aromatic heterocycles. The summed E-state index contributed by atoms with van der Waals surface area (Å²) in [6.07, 6.45) is 2.04. The molecule has 0 aliphatic carbocycles. The van der Waals surface area contributed by atoms with E-state index < -0.39 is 0 Å². The SMILES string of the molecule is CCCCOc1ccc(-n2c(N)c(C(=O)NCc3ccc(F)cc3)c3nc4ccccc4nc32)cc1. The summed E-state index contributed by atoms with van der Waals surface area (Å²) in [4.78, 5) is 22.9. The Morgan fingerprint density at radius 1 is 1.00 bits per heavy atom. The minimum Gasteiger partial charge on any atom is -0.494 e. The molecule has 5 rings (SSSR count). The monoisotopic (exact) mass is 483 g/mol. The van der Waals surface area contributed by atoms with Crippen LogP contribution in [0.4, 0.5) is 10.2 Å². The molecule has 0 atom stereocenters. The predicted octanol–water partition coefficient (Wildman–Crippen LogP) is 5.40. The highest BCUT2D eigenvalue weighted by Gasteiger charge is 2.24. The molecule has 1 amide bonds. The summed E-state index contributed by atoms with van der Waals surface area (Å²) in [7, 11) is 0. The van der Waals surface area contributed by atoms with Crippen molar-refractivity contribution in [1.29, 1.82) is 0 Å². The number of unbranched alkanes of at least 4 members (excludes halogenated alkanes) is 1. The van der Waals surface area contributed by atoms with Crippen LogP contribution >= 0.6 is 0 Å². The van der Waals surface area contributed by atoms with Crippen molar-refractivity contribution in [2.45, 2.75) is 26.3 Å². The van der Waals surface area contributed by atoms with E-state index in [0.717, 1.165) is 29.8 Å². The van der Waals surface area contributed by atoms with Gasteiger partial charge in [-0.15, -0.1) is 0 Å². The van der Waals surface area contributed by atoms with Gasteiger partial charge in [-0.05, 0) is 60.5 Å². The van der Waals surface area contributed by atoms with Gasteiger partial charge < -0.3 is 15.8 Å². The maximum Gasteiger partial charge on any atom is 0.257 e. The summed E-state index contributed by atoms with van der Waals surface area (Å²) in [5.74, 6) is 0.276. The Kier molecular flexibility index (Phi) is 6.49. The second kappa shape index (κ2) is 10.0. The number of para-hydroxylation sites is 2. The number of hydrogen-bond donors (Lipinski definition) is 2. The average molecular weight is 484 g/mol. The quantitative estimate of drug-likeness (QED) is 0.288. The lowest BCUT2D eigenvalue weighted by Crippen LogP contribution is -2.24. The summed E-state index contributed by atoms with van der Waals surface area (Å²) in [6.45, 7) is 2.99. The number of rotatable bonds is 8. The third-order valence-corrected chi connectivity index (χ3v) is 5.95. The Hall–Kier alpha value is -4.46. The normalized spacial score (nSPS) is 11.2. The van der Waals surface area contributed by atoms with E-state index in [1.165, 1.54) is 12.1 Å². The molecule has 0 saturated heterocycles. The van der Waals surface area contributed by atoms with E-state index in [9.17, 15) is 9.18 Å². The highest BCUT2D eigenvalue weighted by Crippen LogP contribution is 2.31. The zero-order valence-corrected chi connectivity index (χ0v) is 19.9. The molecule has 7 nitrogen and oxygen atoms in total. The minimum atomic E-state index is -0.385. The van der Waals surface area contributed by atoms with Crippen LogP contribution in [-0.2, 0) is 6.54 Å². The summed E-state index contributed by atoms with van der Waals surface area (Å²) in [5.41, 5.74) is 10.6. The lowest BCUT2D eigenvalue weighted by Gasteiger charge is -2.10. The van der Waals surface area contributed by atoms with Crippen molar-refractivity contribution < 1.29 is 13.9 Å². The van der Waals surface area contributed by atoms with Crippen LogP contribution in [-0.4, -0.2) is 27.0 Å². The largest absolute Gasteiger partial charge is 0.494 e. The molecule has 5 aromatic rings. The molecular formula is C28H26FN5O2. The zero-order chi connectivity index (χ0) is 25.1. The van der Waals surface area contributed by atoms with Crippen LogP contribution < -0.4 is 15.8 Å². The van der Waals surface area contributed by atoms with Crippen LogP contribution in [0.1, 0.15) is 35.7 Å². The zero-order valence-electron chi connectivity index (χ0n) is 19.9. The van der Waals surface area contributed by atoms with Crippen LogP contribution in [0, 0.1) is 5.82 Å². The fourth-order valence-electron chi connectivity index (χ4n) is 4.05. The highest BCUT2D eigenvalue weighted by atomic mass is 19.1. The van der Waals surface area contributed by atoms with E-state index in [4.69, 9.17) is 20.4 Å². The Morgan fingerprint density at radius 3 is 2.39 bits per heavy atom. The van der Waals surface area contributed by atoms with Crippen LogP contribution in [0.2, 0.25) is 0 Å². The van der Waals surface area contributed by atoms with Gasteiger partial charge >= 0.3 is 0 Å². The minimum absolute atomic E-state index is 0.218. The Balaban J connectivity index is 1.55. The van der Waals surface area contributed by atoms with Gasteiger partial charge in [0.05, 0.1) is 17.6 Å². The number of ether oxygens (including phenoxy) is 1. The first-order valence-corrected chi connectivity index (χ1v) is 11.9. The van der Waals surface area contributed by atoms with Crippen molar-refractivity contribution in [2.75, 3.05) is 12.3 Å². The molecule has 3 N–H and O–H groups in total. The summed E-state index contributed by atoms with van der Waals surface area (Å²) in [5, 5.41) is 2.88. The first-order chi connectivity index (χ1) is 17.5. The number of aromatic nitrogens is 3. The third-order valence-electron chi connectivity index (χ3n) is 5.95. The van der Waals surface area contributed by atoms with Crippen molar-refractivity contribution in [1.82, 2.24) is 19.9 Å². The second-order valence-electron chi connectivity index (χ2n) is 8.49. The second-order valence-corrected chi connectivity index (χ2v) is 8.49. The molecule has 0 aliphatic heterocycles. The van der Waals surface area contributed by atoms with E-state index >= 15 is 0 Å². The molecular weight excluding hydrogens is 457 g/mol. The van der Waals surface area contributed by atoms with Gasteiger partial charge in [0.25, 0.3) is 5.91 Å². The fraction of sp³-hybridized carbons (Fsp3) is 0.179. The Labute approximate surface area is 207 Å². The smallest absolute Gasteiger partial charge is 0.257 e.